The van der Waals surface area contributed by atoms with Gasteiger partial charge in [0.25, 0.3) is 0 Å². The van der Waals surface area contributed by atoms with Crippen molar-refractivity contribution in [2.24, 2.45) is 0 Å². The number of aromatic nitrogens is 2. The molecule has 0 aliphatic carbocycles. The summed E-state index contributed by atoms with van der Waals surface area (Å²) in [4.78, 5) is 23.2. The van der Waals surface area contributed by atoms with Gasteiger partial charge in [0.15, 0.2) is 0 Å². The molecule has 0 radical (unpaired) electrons. The Kier molecular flexibility index (Phi) is 5.90. The van der Waals surface area contributed by atoms with E-state index in [1.54, 1.807) is 41.9 Å². The number of amides is 1. The average molecular weight is 419 g/mol. The predicted molar refractivity (Wildman–Crippen MR) is 122 cm³/mol. The Balaban J connectivity index is 1.43. The van der Waals surface area contributed by atoms with Gasteiger partial charge in [0.2, 0.25) is 5.91 Å². The molecule has 4 aromatic rings. The van der Waals surface area contributed by atoms with E-state index >= 15 is 0 Å². The number of nitrogens with one attached hydrogen (secondary N) is 2. The largest absolute Gasteiger partial charge is 0.506 e. The van der Waals surface area contributed by atoms with Crippen LogP contribution in [0.5, 0.6) is 5.75 Å². The quantitative estimate of drug-likeness (QED) is 0.283. The maximum absolute atomic E-state index is 12.2. The second-order valence-electron chi connectivity index (χ2n) is 6.90. The minimum atomic E-state index is -0.137. The molecule has 0 spiro atoms. The molecule has 0 saturated heterocycles. The second-order valence-corrected chi connectivity index (χ2v) is 8.10. The third-order valence-corrected chi connectivity index (χ3v) is 5.79. The van der Waals surface area contributed by atoms with E-state index in [4.69, 9.17) is 0 Å². The van der Waals surface area contributed by atoms with Crippen LogP contribution in [0.15, 0.2) is 60.9 Å². The van der Waals surface area contributed by atoms with Crippen LogP contribution in [0.25, 0.3) is 21.3 Å². The van der Waals surface area contributed by atoms with Crippen molar-refractivity contribution >= 4 is 39.0 Å². The van der Waals surface area contributed by atoms with E-state index in [1.807, 2.05) is 18.2 Å². The first kappa shape index (κ1) is 19.8. The van der Waals surface area contributed by atoms with Crippen LogP contribution in [0.3, 0.4) is 0 Å². The van der Waals surface area contributed by atoms with Crippen LogP contribution in [-0.2, 0) is 4.79 Å². The first-order chi connectivity index (χ1) is 14.6. The van der Waals surface area contributed by atoms with Gasteiger partial charge in [-0.05, 0) is 31.0 Å². The second kappa shape index (κ2) is 8.92. The topological polar surface area (TPSA) is 87.1 Å². The molecule has 3 N–H and O–H groups in total. The van der Waals surface area contributed by atoms with Crippen molar-refractivity contribution in [2.45, 2.75) is 19.8 Å². The fraction of sp³-hybridized carbons (Fsp3) is 0.174. The van der Waals surface area contributed by atoms with Crippen molar-refractivity contribution in [3.63, 3.8) is 0 Å². The number of thiophene rings is 1. The maximum Gasteiger partial charge on any atom is 0.224 e. The third kappa shape index (κ3) is 4.26. The number of phenols is 1. The van der Waals surface area contributed by atoms with Crippen molar-refractivity contribution in [2.75, 3.05) is 17.2 Å². The van der Waals surface area contributed by atoms with Gasteiger partial charge in [-0.25, -0.2) is 9.97 Å². The molecule has 7 heteroatoms. The lowest BCUT2D eigenvalue weighted by molar-refractivity contribution is -0.116. The van der Waals surface area contributed by atoms with E-state index in [1.165, 1.54) is 4.88 Å². The molecule has 2 aromatic carbocycles. The first-order valence-corrected chi connectivity index (χ1v) is 10.6. The highest BCUT2D eigenvalue weighted by molar-refractivity contribution is 7.19. The molecular formula is C23H22N4O2S. The summed E-state index contributed by atoms with van der Waals surface area (Å²) in [5.74, 6) is 0.709. The molecule has 0 aliphatic rings. The summed E-state index contributed by atoms with van der Waals surface area (Å²) in [7, 11) is 0. The van der Waals surface area contributed by atoms with Gasteiger partial charge in [0.1, 0.15) is 22.7 Å². The first-order valence-electron chi connectivity index (χ1n) is 9.74. The molecule has 30 heavy (non-hydrogen) atoms. The van der Waals surface area contributed by atoms with Crippen LogP contribution in [0, 0.1) is 6.92 Å². The fourth-order valence-corrected chi connectivity index (χ4v) is 4.39. The number of aryl methyl sites for hydroxylation is 1. The van der Waals surface area contributed by atoms with Crippen molar-refractivity contribution in [3.05, 3.63) is 65.8 Å². The van der Waals surface area contributed by atoms with E-state index < -0.39 is 0 Å². The summed E-state index contributed by atoms with van der Waals surface area (Å²) < 4.78 is 0. The number of carbonyl (C=O) groups excluding carboxylic acids is 1. The standard InChI is InChI=1S/C23H22N4O2S/c1-15-20(16-8-3-2-4-9-16)21-22(25-14-26-23(21)30-15)24-13-7-12-19(29)27-17-10-5-6-11-18(17)28/h2-6,8-11,14,28H,7,12-13H2,1H3,(H,27,29)(H,24,25,26). The zero-order chi connectivity index (χ0) is 20.9. The Morgan fingerprint density at radius 3 is 2.63 bits per heavy atom. The Morgan fingerprint density at radius 2 is 1.83 bits per heavy atom. The lowest BCUT2D eigenvalue weighted by Crippen LogP contribution is -2.13. The number of benzene rings is 2. The molecule has 152 valence electrons. The van der Waals surface area contributed by atoms with Crippen molar-refractivity contribution < 1.29 is 9.90 Å². The molecule has 0 saturated carbocycles. The number of rotatable bonds is 7. The van der Waals surface area contributed by atoms with E-state index in [9.17, 15) is 9.90 Å². The van der Waals surface area contributed by atoms with Gasteiger partial charge >= 0.3 is 0 Å². The molecule has 6 nitrogen and oxygen atoms in total. The summed E-state index contributed by atoms with van der Waals surface area (Å²) in [6.45, 7) is 2.70. The smallest absolute Gasteiger partial charge is 0.224 e. The summed E-state index contributed by atoms with van der Waals surface area (Å²) in [5.41, 5.74) is 2.71. The number of hydrogen-bond donors (Lipinski definition) is 3. The molecule has 2 heterocycles. The normalized spacial score (nSPS) is 10.8. The van der Waals surface area contributed by atoms with Crippen LogP contribution < -0.4 is 10.6 Å². The molecule has 0 bridgehead atoms. The number of carbonyl (C=O) groups is 1. The average Bonchev–Trinajstić information content (AvgIpc) is 3.10. The fourth-order valence-electron chi connectivity index (χ4n) is 3.38. The number of phenolic OH excluding ortho intramolecular Hbond substituents is 1. The molecule has 0 fully saturated rings. The molecular weight excluding hydrogens is 396 g/mol. The van der Waals surface area contributed by atoms with E-state index in [2.05, 4.69) is 39.7 Å². The van der Waals surface area contributed by atoms with Crippen LogP contribution in [0.1, 0.15) is 17.7 Å². The Hall–Kier alpha value is -3.45. The minimum Gasteiger partial charge on any atom is -0.506 e. The highest BCUT2D eigenvalue weighted by Crippen LogP contribution is 2.40. The molecule has 4 rings (SSSR count). The summed E-state index contributed by atoms with van der Waals surface area (Å²) in [6, 6.07) is 16.9. The van der Waals surface area contributed by atoms with E-state index in [0.717, 1.165) is 27.2 Å². The zero-order valence-electron chi connectivity index (χ0n) is 16.6. The molecule has 1 amide bonds. The number of nitrogens with zero attached hydrogens (tertiary/aromatic N) is 2. The van der Waals surface area contributed by atoms with Gasteiger partial charge in [0, 0.05) is 23.4 Å². The SMILES string of the molecule is Cc1sc2ncnc(NCCCC(=O)Nc3ccccc3O)c2c1-c1ccccc1. The monoisotopic (exact) mass is 418 g/mol. The molecule has 0 atom stereocenters. The molecule has 0 unspecified atom stereocenters. The van der Waals surface area contributed by atoms with Crippen LogP contribution in [0.2, 0.25) is 0 Å². The van der Waals surface area contributed by atoms with Crippen molar-refractivity contribution in [1.82, 2.24) is 9.97 Å². The van der Waals surface area contributed by atoms with Gasteiger partial charge < -0.3 is 15.7 Å². The van der Waals surface area contributed by atoms with E-state index in [0.29, 0.717) is 25.1 Å². The van der Waals surface area contributed by atoms with Crippen LogP contribution in [-0.4, -0.2) is 27.5 Å². The minimum absolute atomic E-state index is 0.0635. The Morgan fingerprint density at radius 1 is 1.07 bits per heavy atom. The van der Waals surface area contributed by atoms with Gasteiger partial charge in [-0.2, -0.15) is 0 Å². The Labute approximate surface area is 178 Å². The zero-order valence-corrected chi connectivity index (χ0v) is 17.4. The predicted octanol–water partition coefficient (Wildman–Crippen LogP) is 5.20. The van der Waals surface area contributed by atoms with E-state index in [-0.39, 0.29) is 11.7 Å². The number of anilines is 2. The van der Waals surface area contributed by atoms with Gasteiger partial charge in [-0.15, -0.1) is 11.3 Å². The summed E-state index contributed by atoms with van der Waals surface area (Å²) in [5, 5.41) is 16.9. The Bertz CT molecular complexity index is 1170. The number of para-hydroxylation sites is 2. The number of aromatic hydroxyl groups is 1. The van der Waals surface area contributed by atoms with Crippen LogP contribution >= 0.6 is 11.3 Å². The van der Waals surface area contributed by atoms with Gasteiger partial charge in [-0.1, -0.05) is 42.5 Å². The third-order valence-electron chi connectivity index (χ3n) is 4.78. The number of hydrogen-bond acceptors (Lipinski definition) is 6. The lowest BCUT2D eigenvalue weighted by atomic mass is 10.0. The maximum atomic E-state index is 12.2. The molecule has 0 aliphatic heterocycles. The molecule has 2 aromatic heterocycles. The van der Waals surface area contributed by atoms with Crippen molar-refractivity contribution in [1.29, 1.82) is 0 Å². The number of fused-ring (bicyclic) bond motifs is 1. The van der Waals surface area contributed by atoms with Crippen LogP contribution in [0.4, 0.5) is 11.5 Å². The summed E-state index contributed by atoms with van der Waals surface area (Å²) >= 11 is 1.66. The van der Waals surface area contributed by atoms with Gasteiger partial charge in [-0.3, -0.25) is 4.79 Å². The highest BCUT2D eigenvalue weighted by Gasteiger charge is 2.16. The lowest BCUT2D eigenvalue weighted by Gasteiger charge is -2.10. The van der Waals surface area contributed by atoms with Crippen molar-refractivity contribution in [3.8, 4) is 16.9 Å². The summed E-state index contributed by atoms with van der Waals surface area (Å²) in [6.07, 6.45) is 2.54. The highest BCUT2D eigenvalue weighted by atomic mass is 32.1. The van der Waals surface area contributed by atoms with Gasteiger partial charge in [0.05, 0.1) is 11.1 Å².